The molecule has 5 heteroatoms. The van der Waals surface area contributed by atoms with Crippen LogP contribution in [0, 0.1) is 0 Å². The van der Waals surface area contributed by atoms with Crippen LogP contribution in [0.2, 0.25) is 0 Å². The van der Waals surface area contributed by atoms with Gasteiger partial charge in [0.15, 0.2) is 5.79 Å². The molecule has 0 amide bonds. The van der Waals surface area contributed by atoms with Crippen molar-refractivity contribution in [2.75, 3.05) is 0 Å². The summed E-state index contributed by atoms with van der Waals surface area (Å²) >= 11 is 0. The molecule has 1 aliphatic rings. The highest BCUT2D eigenvalue weighted by molar-refractivity contribution is 4.78. The second-order valence-corrected chi connectivity index (χ2v) is 2.35. The predicted octanol–water partition coefficient (Wildman–Crippen LogP) is 1.40. The van der Waals surface area contributed by atoms with Crippen molar-refractivity contribution in [3.8, 4) is 0 Å². The van der Waals surface area contributed by atoms with E-state index in [4.69, 9.17) is 5.11 Å². The average Bonchev–Trinajstić information content (AvgIpc) is 1.57. The number of ether oxygens (including phenoxy) is 1. The van der Waals surface area contributed by atoms with Gasteiger partial charge in [0.25, 0.3) is 0 Å². The second kappa shape index (κ2) is 2.10. The molecule has 1 aliphatic carbocycles. The Labute approximate surface area is 55.6 Å². The third kappa shape index (κ3) is 1.85. The lowest BCUT2D eigenvalue weighted by molar-refractivity contribution is -0.425. The highest BCUT2D eigenvalue weighted by Crippen LogP contribution is 2.37. The van der Waals surface area contributed by atoms with Crippen molar-refractivity contribution in [3.05, 3.63) is 0 Å². The molecule has 0 aromatic carbocycles. The molecule has 0 aromatic heterocycles. The van der Waals surface area contributed by atoms with E-state index < -0.39 is 12.1 Å². The Kier molecular flexibility index (Phi) is 1.64. The van der Waals surface area contributed by atoms with Crippen molar-refractivity contribution in [1.29, 1.82) is 0 Å². The fourth-order valence-electron chi connectivity index (χ4n) is 0.797. The summed E-state index contributed by atoms with van der Waals surface area (Å²) in [5.74, 6) is -1.92. The maximum absolute atomic E-state index is 11.4. The summed E-state index contributed by atoms with van der Waals surface area (Å²) in [6.07, 6.45) is -3.97. The van der Waals surface area contributed by atoms with Crippen molar-refractivity contribution >= 4 is 0 Å². The number of rotatable bonds is 1. The highest BCUT2D eigenvalue weighted by atomic mass is 19.4. The first-order valence-electron chi connectivity index (χ1n) is 2.91. The van der Waals surface area contributed by atoms with E-state index in [0.717, 1.165) is 0 Å². The van der Waals surface area contributed by atoms with Crippen LogP contribution in [0.25, 0.3) is 0 Å². The summed E-state index contributed by atoms with van der Waals surface area (Å²) in [5.41, 5.74) is 0. The van der Waals surface area contributed by atoms with Crippen molar-refractivity contribution in [2.24, 2.45) is 0 Å². The third-order valence-corrected chi connectivity index (χ3v) is 1.44. The van der Waals surface area contributed by atoms with Gasteiger partial charge in [-0.15, -0.1) is 13.2 Å². The molecule has 1 saturated carbocycles. The minimum Gasteiger partial charge on any atom is -0.365 e. The molecule has 0 saturated heterocycles. The molecule has 0 radical (unpaired) electrons. The molecule has 0 heterocycles. The third-order valence-electron chi connectivity index (χ3n) is 1.44. The van der Waals surface area contributed by atoms with Crippen LogP contribution >= 0.6 is 0 Å². The topological polar surface area (TPSA) is 29.5 Å². The van der Waals surface area contributed by atoms with Crippen LogP contribution in [0.5, 0.6) is 0 Å². The Morgan fingerprint density at radius 2 is 1.80 bits per heavy atom. The number of hydrogen-bond donors (Lipinski definition) is 1. The molecule has 2 nitrogen and oxygen atoms in total. The van der Waals surface area contributed by atoms with E-state index in [9.17, 15) is 13.2 Å². The zero-order chi connectivity index (χ0) is 7.83. The number of alkyl halides is 3. The second-order valence-electron chi connectivity index (χ2n) is 2.35. The van der Waals surface area contributed by atoms with Crippen LogP contribution in [-0.2, 0) is 4.74 Å². The SMILES string of the molecule is OC1(OC(F)(F)F)CCC1. The molecule has 60 valence electrons. The van der Waals surface area contributed by atoms with Gasteiger partial charge in [0, 0.05) is 12.8 Å². The van der Waals surface area contributed by atoms with Gasteiger partial charge in [0.2, 0.25) is 0 Å². The maximum atomic E-state index is 11.4. The van der Waals surface area contributed by atoms with Gasteiger partial charge < -0.3 is 5.11 Å². The first-order chi connectivity index (χ1) is 4.41. The molecule has 1 rings (SSSR count). The summed E-state index contributed by atoms with van der Waals surface area (Å²) in [6, 6.07) is 0. The minimum absolute atomic E-state index is 0.0759. The lowest BCUT2D eigenvalue weighted by Crippen LogP contribution is -2.43. The van der Waals surface area contributed by atoms with Gasteiger partial charge in [-0.05, 0) is 6.42 Å². The van der Waals surface area contributed by atoms with Crippen LogP contribution in [0.4, 0.5) is 13.2 Å². The maximum Gasteiger partial charge on any atom is 0.524 e. The highest BCUT2D eigenvalue weighted by Gasteiger charge is 2.46. The molecule has 0 spiro atoms. The molecular formula is C5H7F3O2. The Bertz CT molecular complexity index is 127. The predicted molar refractivity (Wildman–Crippen MR) is 25.9 cm³/mol. The first kappa shape index (κ1) is 7.81. The minimum atomic E-state index is -4.71. The number of hydrogen-bond acceptors (Lipinski definition) is 2. The standard InChI is InChI=1S/C5H7F3O2/c6-5(7,8)10-4(9)2-1-3-4/h9H,1-3H2. The smallest absolute Gasteiger partial charge is 0.365 e. The molecule has 0 aliphatic heterocycles. The molecule has 0 unspecified atom stereocenters. The fraction of sp³-hybridized carbons (Fsp3) is 1.00. The fourth-order valence-corrected chi connectivity index (χ4v) is 0.797. The van der Waals surface area contributed by atoms with E-state index in [2.05, 4.69) is 4.74 Å². The molecule has 0 aromatic rings. The molecule has 1 N–H and O–H groups in total. The Balaban J connectivity index is 2.37. The number of aliphatic hydroxyl groups is 1. The van der Waals surface area contributed by atoms with Crippen molar-refractivity contribution < 1.29 is 23.0 Å². The summed E-state index contributed by atoms with van der Waals surface area (Å²) in [5, 5.41) is 8.80. The monoisotopic (exact) mass is 156 g/mol. The Hall–Kier alpha value is -0.290. The van der Waals surface area contributed by atoms with Crippen LogP contribution < -0.4 is 0 Å². The molecular weight excluding hydrogens is 149 g/mol. The average molecular weight is 156 g/mol. The van der Waals surface area contributed by atoms with Gasteiger partial charge in [-0.25, -0.2) is 0 Å². The van der Waals surface area contributed by atoms with Gasteiger partial charge in [-0.2, -0.15) is 0 Å². The van der Waals surface area contributed by atoms with Gasteiger partial charge >= 0.3 is 6.36 Å². The summed E-state index contributed by atoms with van der Waals surface area (Å²) in [4.78, 5) is 0. The Morgan fingerprint density at radius 3 is 1.90 bits per heavy atom. The van der Waals surface area contributed by atoms with E-state index in [1.54, 1.807) is 0 Å². The quantitative estimate of drug-likeness (QED) is 0.581. The van der Waals surface area contributed by atoms with Crippen LogP contribution in [0.1, 0.15) is 19.3 Å². The first-order valence-corrected chi connectivity index (χ1v) is 2.91. The van der Waals surface area contributed by atoms with Crippen molar-refractivity contribution in [2.45, 2.75) is 31.4 Å². The summed E-state index contributed by atoms with van der Waals surface area (Å²) < 4.78 is 37.6. The molecule has 0 bridgehead atoms. The summed E-state index contributed by atoms with van der Waals surface area (Å²) in [7, 11) is 0. The molecule has 1 fully saturated rings. The van der Waals surface area contributed by atoms with Gasteiger partial charge in [-0.1, -0.05) is 0 Å². The van der Waals surface area contributed by atoms with Crippen molar-refractivity contribution in [3.63, 3.8) is 0 Å². The lowest BCUT2D eigenvalue weighted by atomic mass is 9.92. The van der Waals surface area contributed by atoms with E-state index in [1.807, 2.05) is 0 Å². The van der Waals surface area contributed by atoms with Gasteiger partial charge in [0.05, 0.1) is 0 Å². The van der Waals surface area contributed by atoms with Crippen LogP contribution in [0.15, 0.2) is 0 Å². The molecule has 10 heavy (non-hydrogen) atoms. The van der Waals surface area contributed by atoms with Gasteiger partial charge in [0.1, 0.15) is 0 Å². The largest absolute Gasteiger partial charge is 0.524 e. The Morgan fingerprint density at radius 1 is 1.30 bits per heavy atom. The molecule has 0 atom stereocenters. The zero-order valence-electron chi connectivity index (χ0n) is 5.11. The van der Waals surface area contributed by atoms with E-state index in [0.29, 0.717) is 6.42 Å². The summed E-state index contributed by atoms with van der Waals surface area (Å²) in [6.45, 7) is 0. The van der Waals surface area contributed by atoms with Crippen LogP contribution in [0.3, 0.4) is 0 Å². The normalized spacial score (nSPS) is 24.0. The lowest BCUT2D eigenvalue weighted by Gasteiger charge is -2.36. The van der Waals surface area contributed by atoms with E-state index in [1.165, 1.54) is 0 Å². The van der Waals surface area contributed by atoms with Crippen LogP contribution in [-0.4, -0.2) is 17.3 Å². The van der Waals surface area contributed by atoms with E-state index >= 15 is 0 Å². The van der Waals surface area contributed by atoms with E-state index in [-0.39, 0.29) is 12.8 Å². The van der Waals surface area contributed by atoms with Crippen molar-refractivity contribution in [1.82, 2.24) is 0 Å². The zero-order valence-corrected chi connectivity index (χ0v) is 5.11. The van der Waals surface area contributed by atoms with Gasteiger partial charge in [-0.3, -0.25) is 4.74 Å². The number of halogens is 3.